The Labute approximate surface area is 223 Å². The van der Waals surface area contributed by atoms with E-state index >= 15 is 0 Å². The highest BCUT2D eigenvalue weighted by Gasteiger charge is 2.35. The molecule has 1 aliphatic rings. The molecule has 0 radical (unpaired) electrons. The first-order chi connectivity index (χ1) is 18.0. The maximum absolute atomic E-state index is 13.9. The normalized spacial score (nSPS) is 16.8. The van der Waals surface area contributed by atoms with Crippen molar-refractivity contribution in [3.8, 4) is 0 Å². The molecule has 2 amide bonds. The molecule has 3 rings (SSSR count). The summed E-state index contributed by atoms with van der Waals surface area (Å²) in [5.41, 5.74) is 7.29. The van der Waals surface area contributed by atoms with E-state index < -0.39 is 40.9 Å². The second-order valence-corrected chi connectivity index (χ2v) is 10.6. The molecule has 0 spiro atoms. The fourth-order valence-corrected chi connectivity index (χ4v) is 5.21. The van der Waals surface area contributed by atoms with Crippen molar-refractivity contribution in [2.45, 2.75) is 50.7 Å². The van der Waals surface area contributed by atoms with Crippen LogP contribution in [0.2, 0.25) is 0 Å². The molecule has 8 nitrogen and oxygen atoms in total. The number of thioether (sulfide) groups is 1. The third-order valence-electron chi connectivity index (χ3n) is 6.12. The van der Waals surface area contributed by atoms with Crippen LogP contribution in [0, 0.1) is 23.4 Å². The van der Waals surface area contributed by atoms with E-state index in [0.29, 0.717) is 24.1 Å². The zero-order valence-electron chi connectivity index (χ0n) is 21.0. The lowest BCUT2D eigenvalue weighted by atomic mass is 10.0. The molecular formula is C26H31F3N4O4S. The van der Waals surface area contributed by atoms with Crippen LogP contribution in [-0.2, 0) is 27.3 Å². The topological polar surface area (TPSA) is 125 Å². The van der Waals surface area contributed by atoms with Crippen molar-refractivity contribution in [2.24, 2.45) is 11.7 Å². The predicted molar refractivity (Wildman–Crippen MR) is 139 cm³/mol. The third-order valence-corrected chi connectivity index (χ3v) is 7.32. The number of amides is 2. The van der Waals surface area contributed by atoms with Crippen LogP contribution in [0.3, 0.4) is 0 Å². The second-order valence-electron chi connectivity index (χ2n) is 9.46. The van der Waals surface area contributed by atoms with E-state index in [-0.39, 0.29) is 42.7 Å². The summed E-state index contributed by atoms with van der Waals surface area (Å²) in [7, 11) is 0. The summed E-state index contributed by atoms with van der Waals surface area (Å²) in [5.74, 6) is -4.68. The number of benzene rings is 2. The van der Waals surface area contributed by atoms with Gasteiger partial charge in [0.05, 0.1) is 0 Å². The van der Waals surface area contributed by atoms with Crippen molar-refractivity contribution in [2.75, 3.05) is 17.6 Å². The fourth-order valence-electron chi connectivity index (χ4n) is 4.05. The number of hydrogen-bond donors (Lipinski definition) is 4. The van der Waals surface area contributed by atoms with Gasteiger partial charge >= 0.3 is 5.97 Å². The Morgan fingerprint density at radius 1 is 1.11 bits per heavy atom. The van der Waals surface area contributed by atoms with Crippen LogP contribution < -0.4 is 16.4 Å². The van der Waals surface area contributed by atoms with Crippen LogP contribution in [0.1, 0.15) is 31.4 Å². The number of nitrogens with zero attached hydrogens (tertiary/aromatic N) is 1. The summed E-state index contributed by atoms with van der Waals surface area (Å²) >= 11 is 1.31. The van der Waals surface area contributed by atoms with Crippen molar-refractivity contribution in [1.82, 2.24) is 10.2 Å². The van der Waals surface area contributed by atoms with Crippen LogP contribution in [0.15, 0.2) is 36.4 Å². The first kappa shape index (κ1) is 29.3. The van der Waals surface area contributed by atoms with Gasteiger partial charge in [-0.3, -0.25) is 9.59 Å². The minimum absolute atomic E-state index is 0.109. The molecule has 0 bridgehead atoms. The van der Waals surface area contributed by atoms with Gasteiger partial charge < -0.3 is 26.4 Å². The van der Waals surface area contributed by atoms with E-state index in [1.165, 1.54) is 16.7 Å². The van der Waals surface area contributed by atoms with Gasteiger partial charge in [-0.05, 0) is 41.7 Å². The third kappa shape index (κ3) is 7.64. The Balaban J connectivity index is 1.52. The average molecular weight is 553 g/mol. The first-order valence-electron chi connectivity index (χ1n) is 12.1. The molecule has 0 saturated carbocycles. The highest BCUT2D eigenvalue weighted by Crippen LogP contribution is 2.25. The number of nitrogens with two attached hydrogens (primary N) is 1. The number of nitrogens with one attached hydrogen (secondary N) is 2. The van der Waals surface area contributed by atoms with Gasteiger partial charge in [0.2, 0.25) is 5.91 Å². The van der Waals surface area contributed by atoms with E-state index in [1.54, 1.807) is 24.3 Å². The summed E-state index contributed by atoms with van der Waals surface area (Å²) in [4.78, 5) is 38.5. The monoisotopic (exact) mass is 552 g/mol. The molecule has 1 aliphatic heterocycles. The maximum atomic E-state index is 13.9. The number of hydrogen-bond acceptors (Lipinski definition) is 6. The first-order valence-corrected chi connectivity index (χ1v) is 13.2. The lowest BCUT2D eigenvalue weighted by Crippen LogP contribution is -2.46. The highest BCUT2D eigenvalue weighted by molar-refractivity contribution is 8.00. The summed E-state index contributed by atoms with van der Waals surface area (Å²) in [6.07, 6.45) is -0.354. The number of halogens is 3. The van der Waals surface area contributed by atoms with Crippen LogP contribution >= 0.6 is 11.8 Å². The largest absolute Gasteiger partial charge is 0.480 e. The zero-order valence-corrected chi connectivity index (χ0v) is 21.9. The van der Waals surface area contributed by atoms with Gasteiger partial charge in [-0.2, -0.15) is 0 Å². The van der Waals surface area contributed by atoms with Crippen molar-refractivity contribution in [3.05, 3.63) is 65.0 Å². The number of aliphatic carboxylic acids is 1. The molecule has 2 aromatic rings. The Morgan fingerprint density at radius 2 is 1.76 bits per heavy atom. The molecular weight excluding hydrogens is 521 g/mol. The zero-order chi connectivity index (χ0) is 28.0. The van der Waals surface area contributed by atoms with Gasteiger partial charge in [-0.25, -0.2) is 18.0 Å². The second kappa shape index (κ2) is 13.0. The molecule has 3 atom stereocenters. The lowest BCUT2D eigenvalue weighted by molar-refractivity contribution is -0.138. The quantitative estimate of drug-likeness (QED) is 0.316. The van der Waals surface area contributed by atoms with Crippen molar-refractivity contribution < 1.29 is 32.7 Å². The average Bonchev–Trinajstić information content (AvgIpc) is 3.35. The van der Waals surface area contributed by atoms with Crippen molar-refractivity contribution in [3.63, 3.8) is 0 Å². The minimum atomic E-state index is -1.30. The number of carbonyl (C=O) groups excluding carboxylic acids is 2. The predicted octanol–water partition coefficient (Wildman–Crippen LogP) is 3.10. The molecule has 12 heteroatoms. The Hall–Kier alpha value is -3.25. The minimum Gasteiger partial charge on any atom is -0.480 e. The molecule has 38 heavy (non-hydrogen) atoms. The van der Waals surface area contributed by atoms with Crippen LogP contribution in [0.5, 0.6) is 0 Å². The van der Waals surface area contributed by atoms with Gasteiger partial charge in [0.1, 0.15) is 11.9 Å². The molecule has 5 N–H and O–H groups in total. The van der Waals surface area contributed by atoms with Crippen LogP contribution in [0.25, 0.3) is 0 Å². The van der Waals surface area contributed by atoms with E-state index in [0.717, 1.165) is 11.6 Å². The van der Waals surface area contributed by atoms with E-state index in [1.807, 2.05) is 13.8 Å². The van der Waals surface area contributed by atoms with Crippen LogP contribution in [0.4, 0.5) is 18.9 Å². The molecule has 1 fully saturated rings. The van der Waals surface area contributed by atoms with Crippen LogP contribution in [-0.4, -0.2) is 57.5 Å². The molecule has 0 aromatic heterocycles. The van der Waals surface area contributed by atoms with Gasteiger partial charge in [-0.1, -0.05) is 26.0 Å². The summed E-state index contributed by atoms with van der Waals surface area (Å²) < 4.78 is 40.5. The molecule has 1 unspecified atom stereocenters. The number of rotatable bonds is 11. The van der Waals surface area contributed by atoms with E-state index in [4.69, 9.17) is 5.73 Å². The Kier molecular flexibility index (Phi) is 10.0. The molecule has 206 valence electrons. The molecule has 0 aliphatic carbocycles. The van der Waals surface area contributed by atoms with Gasteiger partial charge in [-0.15, -0.1) is 11.8 Å². The summed E-state index contributed by atoms with van der Waals surface area (Å²) in [6, 6.07) is 6.60. The van der Waals surface area contributed by atoms with Gasteiger partial charge in [0, 0.05) is 43.1 Å². The highest BCUT2D eigenvalue weighted by atomic mass is 32.2. The number of carboxylic acids is 1. The Morgan fingerprint density at radius 3 is 2.39 bits per heavy atom. The Bertz CT molecular complexity index is 1170. The molecule has 1 heterocycles. The van der Waals surface area contributed by atoms with Gasteiger partial charge in [0.25, 0.3) is 5.91 Å². The molecule has 2 aromatic carbocycles. The van der Waals surface area contributed by atoms with E-state index in [2.05, 4.69) is 10.6 Å². The molecule has 1 saturated heterocycles. The summed E-state index contributed by atoms with van der Waals surface area (Å²) in [6.45, 7) is 4.17. The fraction of sp³-hybridized carbons (Fsp3) is 0.423. The number of carboxylic acid groups (broad SMARTS) is 1. The van der Waals surface area contributed by atoms with Gasteiger partial charge in [0.15, 0.2) is 17.0 Å². The lowest BCUT2D eigenvalue weighted by Gasteiger charge is -2.24. The van der Waals surface area contributed by atoms with Crippen molar-refractivity contribution >= 4 is 35.2 Å². The van der Waals surface area contributed by atoms with E-state index in [9.17, 15) is 32.7 Å². The number of anilines is 1. The summed E-state index contributed by atoms with van der Waals surface area (Å²) in [5, 5.41) is 14.4. The SMILES string of the molecule is CC(C)C(Nc1ccc(CNC(=O)[C@@H]2SCCN2C(=O)C[C@H](N)Cc2cc(F)c(F)cc2F)cc1)C(=O)O. The smallest absolute Gasteiger partial charge is 0.326 e. The van der Waals surface area contributed by atoms with Crippen molar-refractivity contribution in [1.29, 1.82) is 0 Å². The maximum Gasteiger partial charge on any atom is 0.326 e. The number of carbonyl (C=O) groups is 3. The standard InChI is InChI=1S/C26H31F3N4O4S/c1-14(2)23(26(36)37)32-18-5-3-15(4-6-18)13-31-24(35)25-33(7-8-38-25)22(34)11-17(30)9-16-10-20(28)21(29)12-19(16)27/h3-6,10,12,14,17,23,25,32H,7-9,11,13,30H2,1-2H3,(H,31,35)(H,36,37)/t17-,23?,25+/m1/s1.